The summed E-state index contributed by atoms with van der Waals surface area (Å²) >= 11 is 1.20. The van der Waals surface area contributed by atoms with Gasteiger partial charge in [0.15, 0.2) is 11.1 Å². The van der Waals surface area contributed by atoms with Crippen molar-refractivity contribution in [2.45, 2.75) is 46.1 Å². The normalized spacial score (nSPS) is 12.3. The number of carbonyl (C=O) groups is 3. The number of hydrogen-bond acceptors (Lipinski definition) is 6. The van der Waals surface area contributed by atoms with E-state index in [2.05, 4.69) is 21.4 Å². The maximum absolute atomic E-state index is 13.2. The van der Waals surface area contributed by atoms with Gasteiger partial charge in [-0.05, 0) is 57.5 Å². The van der Waals surface area contributed by atoms with Crippen molar-refractivity contribution < 1.29 is 32.9 Å². The third kappa shape index (κ3) is 7.37. The van der Waals surface area contributed by atoms with Crippen LogP contribution in [0.25, 0.3) is 0 Å². The van der Waals surface area contributed by atoms with Gasteiger partial charge in [-0.25, -0.2) is 9.00 Å². The zero-order valence-electron chi connectivity index (χ0n) is 18.1. The molecule has 0 saturated carbocycles. The molecular weight excluding hydrogens is 504 g/mol. The summed E-state index contributed by atoms with van der Waals surface area (Å²) in [6, 6.07) is 7.68. The average Bonchev–Trinajstić information content (AvgIpc) is 3.11. The van der Waals surface area contributed by atoms with Gasteiger partial charge in [0, 0.05) is 22.2 Å². The smallest absolute Gasteiger partial charge is 0.306 e. The number of nitrogens with zero attached hydrogens (tertiary/aromatic N) is 1. The molecule has 1 aromatic heterocycles. The molecule has 2 N–H and O–H groups in total. The van der Waals surface area contributed by atoms with E-state index in [0.717, 1.165) is 0 Å². The van der Waals surface area contributed by atoms with Crippen LogP contribution >= 0.6 is 15.9 Å². The van der Waals surface area contributed by atoms with Gasteiger partial charge in [0.1, 0.15) is 11.3 Å². The molecule has 1 atom stereocenters. The van der Waals surface area contributed by atoms with E-state index in [1.165, 1.54) is 16.8 Å². The Hall–Kier alpha value is -2.34. The Morgan fingerprint density at radius 3 is 2.41 bits per heavy atom. The summed E-state index contributed by atoms with van der Waals surface area (Å²) in [4.78, 5) is 47.7. The number of benzene rings is 1. The van der Waals surface area contributed by atoms with E-state index in [9.17, 15) is 18.6 Å². The highest BCUT2D eigenvalue weighted by molar-refractivity contribution is 9.10. The summed E-state index contributed by atoms with van der Waals surface area (Å²) in [5, 5.41) is 0. The van der Waals surface area contributed by atoms with Crippen LogP contribution in [0.3, 0.4) is 0 Å². The molecule has 0 aliphatic carbocycles. The SMILES string of the molecule is CCc1ccc(C(=O)c2cc(Br)cc(C(=O)OOC(C)(C)C)c2)n1NC(=O)CCS(=O)O. The second-order valence-corrected chi connectivity index (χ2v) is 9.80. The fourth-order valence-corrected chi connectivity index (χ4v) is 3.48. The summed E-state index contributed by atoms with van der Waals surface area (Å²) < 4.78 is 21.5. The second kappa shape index (κ2) is 11.0. The second-order valence-electron chi connectivity index (χ2n) is 7.83. The van der Waals surface area contributed by atoms with Crippen LogP contribution in [0.2, 0.25) is 0 Å². The first-order valence-electron chi connectivity index (χ1n) is 9.74. The monoisotopic (exact) mass is 528 g/mol. The number of halogens is 1. The van der Waals surface area contributed by atoms with Crippen LogP contribution in [0.5, 0.6) is 0 Å². The van der Waals surface area contributed by atoms with Crippen molar-refractivity contribution in [3.63, 3.8) is 0 Å². The standard InChI is InChI=1S/C21H25BrN2O7S/c1-5-16-6-7-17(24(16)23-18(25)8-9-32(28)29)19(26)13-10-14(12-15(22)11-13)20(27)30-31-21(2,3)4/h6-7,10-12H,5,8-9H2,1-4H3,(H,23,25)(H,28,29). The van der Waals surface area contributed by atoms with E-state index in [4.69, 9.17) is 14.3 Å². The number of hydrogen-bond donors (Lipinski definition) is 2. The largest absolute Gasteiger partial charge is 0.373 e. The van der Waals surface area contributed by atoms with Crippen molar-refractivity contribution in [3.8, 4) is 0 Å². The lowest BCUT2D eigenvalue weighted by molar-refractivity contribution is -0.301. The Labute approximate surface area is 196 Å². The number of carbonyl (C=O) groups excluding carboxylic acids is 3. The van der Waals surface area contributed by atoms with E-state index in [1.807, 2.05) is 6.92 Å². The molecule has 0 saturated heterocycles. The first-order chi connectivity index (χ1) is 14.9. The number of aromatic nitrogens is 1. The molecule has 1 aromatic carbocycles. The van der Waals surface area contributed by atoms with E-state index in [0.29, 0.717) is 16.6 Å². The fraction of sp³-hybridized carbons (Fsp3) is 0.381. The molecule has 174 valence electrons. The molecule has 9 nitrogen and oxygen atoms in total. The highest BCUT2D eigenvalue weighted by atomic mass is 79.9. The van der Waals surface area contributed by atoms with Crippen LogP contribution in [-0.2, 0) is 32.1 Å². The number of ketones is 1. The molecule has 1 unspecified atom stereocenters. The van der Waals surface area contributed by atoms with Crippen molar-refractivity contribution in [2.75, 3.05) is 11.2 Å². The Bertz CT molecular complexity index is 1040. The lowest BCUT2D eigenvalue weighted by Crippen LogP contribution is -2.28. The topological polar surface area (TPSA) is 124 Å². The van der Waals surface area contributed by atoms with Crippen molar-refractivity contribution in [1.29, 1.82) is 0 Å². The molecule has 1 heterocycles. The maximum Gasteiger partial charge on any atom is 0.373 e. The minimum atomic E-state index is -2.10. The molecule has 0 aliphatic heterocycles. The van der Waals surface area contributed by atoms with Gasteiger partial charge in [-0.15, -0.1) is 0 Å². The molecule has 2 rings (SSSR count). The maximum atomic E-state index is 13.2. The first-order valence-corrected chi connectivity index (χ1v) is 11.8. The summed E-state index contributed by atoms with van der Waals surface area (Å²) in [6.07, 6.45) is 0.346. The quantitative estimate of drug-likeness (QED) is 0.220. The fourth-order valence-electron chi connectivity index (χ4n) is 2.62. The van der Waals surface area contributed by atoms with Gasteiger partial charge in [-0.1, -0.05) is 22.9 Å². The molecule has 0 spiro atoms. The van der Waals surface area contributed by atoms with Gasteiger partial charge in [0.2, 0.25) is 11.7 Å². The van der Waals surface area contributed by atoms with Crippen molar-refractivity contribution in [2.24, 2.45) is 0 Å². The Kier molecular flexibility index (Phi) is 8.90. The van der Waals surface area contributed by atoms with Crippen LogP contribution in [0, 0.1) is 0 Å². The van der Waals surface area contributed by atoms with Gasteiger partial charge in [-0.3, -0.25) is 24.6 Å². The van der Waals surface area contributed by atoms with Gasteiger partial charge >= 0.3 is 5.97 Å². The van der Waals surface area contributed by atoms with Gasteiger partial charge in [0.25, 0.3) is 0 Å². The number of aryl methyl sites for hydroxylation is 1. The highest BCUT2D eigenvalue weighted by Crippen LogP contribution is 2.21. The lowest BCUT2D eigenvalue weighted by atomic mass is 10.1. The van der Waals surface area contributed by atoms with E-state index >= 15 is 0 Å². The predicted octanol–water partition coefficient (Wildman–Crippen LogP) is 3.61. The first kappa shape index (κ1) is 25.9. The minimum Gasteiger partial charge on any atom is -0.306 e. The average molecular weight is 529 g/mol. The molecule has 0 bridgehead atoms. The zero-order chi connectivity index (χ0) is 24.1. The Balaban J connectivity index is 2.32. The zero-order valence-corrected chi connectivity index (χ0v) is 20.5. The number of nitrogens with one attached hydrogen (secondary N) is 1. The van der Waals surface area contributed by atoms with E-state index < -0.39 is 34.3 Å². The molecule has 1 amide bonds. The molecule has 2 aromatic rings. The van der Waals surface area contributed by atoms with Crippen molar-refractivity contribution in [1.82, 2.24) is 4.68 Å². The number of amides is 1. The van der Waals surface area contributed by atoms with E-state index in [-0.39, 0.29) is 29.0 Å². The lowest BCUT2D eigenvalue weighted by Gasteiger charge is -2.17. The third-order valence-corrected chi connectivity index (χ3v) is 5.07. The molecule has 0 aliphatic rings. The molecule has 0 radical (unpaired) electrons. The molecular formula is C21H25BrN2O7S. The Morgan fingerprint density at radius 2 is 1.81 bits per heavy atom. The van der Waals surface area contributed by atoms with Crippen molar-refractivity contribution in [3.05, 3.63) is 57.3 Å². The summed E-state index contributed by atoms with van der Waals surface area (Å²) in [6.45, 7) is 7.03. The minimum absolute atomic E-state index is 0.107. The van der Waals surface area contributed by atoms with Gasteiger partial charge in [0.05, 0.1) is 11.3 Å². The highest BCUT2D eigenvalue weighted by Gasteiger charge is 2.22. The third-order valence-electron chi connectivity index (χ3n) is 4.06. The van der Waals surface area contributed by atoms with Crippen molar-refractivity contribution >= 4 is 44.7 Å². The van der Waals surface area contributed by atoms with Crippen LogP contribution in [0.15, 0.2) is 34.8 Å². The molecule has 11 heteroatoms. The van der Waals surface area contributed by atoms with Crippen LogP contribution in [0.1, 0.15) is 66.2 Å². The summed E-state index contributed by atoms with van der Waals surface area (Å²) in [7, 11) is 0. The summed E-state index contributed by atoms with van der Waals surface area (Å²) in [5.74, 6) is -1.93. The molecule has 32 heavy (non-hydrogen) atoms. The van der Waals surface area contributed by atoms with Crippen LogP contribution in [0.4, 0.5) is 0 Å². The van der Waals surface area contributed by atoms with Crippen LogP contribution < -0.4 is 5.43 Å². The van der Waals surface area contributed by atoms with Crippen LogP contribution in [-0.4, -0.2) is 42.5 Å². The predicted molar refractivity (Wildman–Crippen MR) is 122 cm³/mol. The summed E-state index contributed by atoms with van der Waals surface area (Å²) in [5.41, 5.74) is 3.03. The van der Waals surface area contributed by atoms with Gasteiger partial charge in [-0.2, -0.15) is 4.89 Å². The Morgan fingerprint density at radius 1 is 1.16 bits per heavy atom. The molecule has 0 fully saturated rings. The van der Waals surface area contributed by atoms with Gasteiger partial charge < -0.3 is 4.55 Å². The van der Waals surface area contributed by atoms with E-state index in [1.54, 1.807) is 39.0 Å². The number of rotatable bonds is 9.